The van der Waals surface area contributed by atoms with E-state index in [-0.39, 0.29) is 16.1 Å². The van der Waals surface area contributed by atoms with Crippen LogP contribution in [-0.2, 0) is 10.0 Å². The number of piperidine rings is 1. The van der Waals surface area contributed by atoms with Crippen LogP contribution >= 0.6 is 0 Å². The fourth-order valence-corrected chi connectivity index (χ4v) is 4.79. The molecule has 2 aromatic carbocycles. The highest BCUT2D eigenvalue weighted by molar-refractivity contribution is 7.92. The van der Waals surface area contributed by atoms with Crippen LogP contribution in [0, 0.1) is 11.8 Å². The molecule has 144 valence electrons. The number of nitrogens with zero attached hydrogens (tertiary/aromatic N) is 1. The van der Waals surface area contributed by atoms with Gasteiger partial charge in [-0.1, -0.05) is 32.0 Å². The van der Waals surface area contributed by atoms with Crippen LogP contribution in [0.15, 0.2) is 53.4 Å². The first kappa shape index (κ1) is 19.2. The summed E-state index contributed by atoms with van der Waals surface area (Å²) in [6.45, 7) is 5.90. The van der Waals surface area contributed by atoms with Gasteiger partial charge in [0.05, 0.1) is 16.1 Å². The van der Waals surface area contributed by atoms with E-state index in [1.165, 1.54) is 18.2 Å². The molecule has 0 aliphatic carbocycles. The van der Waals surface area contributed by atoms with E-state index in [1.54, 1.807) is 30.3 Å². The molecule has 2 N–H and O–H groups in total. The van der Waals surface area contributed by atoms with Gasteiger partial charge in [0.1, 0.15) is 0 Å². The van der Waals surface area contributed by atoms with Crippen molar-refractivity contribution in [3.8, 4) is 0 Å². The average molecular weight is 388 g/mol. The maximum Gasteiger partial charge on any atom is 0.337 e. The SMILES string of the molecule is C[C@H]1C[C@H](C)CN(c2ccc(NS(=O)(=O)c3ccccc3)cc2C(=O)O)C1. The molecule has 2 aromatic rings. The largest absolute Gasteiger partial charge is 0.478 e. The van der Waals surface area contributed by atoms with Gasteiger partial charge in [-0.25, -0.2) is 13.2 Å². The number of anilines is 2. The van der Waals surface area contributed by atoms with Crippen LogP contribution in [0.5, 0.6) is 0 Å². The number of sulfonamides is 1. The quantitative estimate of drug-likeness (QED) is 0.816. The van der Waals surface area contributed by atoms with E-state index in [2.05, 4.69) is 23.5 Å². The van der Waals surface area contributed by atoms with Crippen molar-refractivity contribution < 1.29 is 18.3 Å². The zero-order chi connectivity index (χ0) is 19.6. The molecule has 0 unspecified atom stereocenters. The fourth-order valence-electron chi connectivity index (χ4n) is 3.72. The second-order valence-corrected chi connectivity index (χ2v) is 8.99. The van der Waals surface area contributed by atoms with Crippen LogP contribution in [0.1, 0.15) is 30.6 Å². The molecule has 7 heteroatoms. The second-order valence-electron chi connectivity index (χ2n) is 7.31. The van der Waals surface area contributed by atoms with E-state index in [9.17, 15) is 18.3 Å². The average Bonchev–Trinajstić information content (AvgIpc) is 2.61. The maximum atomic E-state index is 12.5. The topological polar surface area (TPSA) is 86.7 Å². The van der Waals surface area contributed by atoms with Crippen LogP contribution in [-0.4, -0.2) is 32.6 Å². The van der Waals surface area contributed by atoms with E-state index < -0.39 is 16.0 Å². The Balaban J connectivity index is 1.91. The number of benzene rings is 2. The van der Waals surface area contributed by atoms with Gasteiger partial charge in [-0.15, -0.1) is 0 Å². The number of carboxylic acid groups (broad SMARTS) is 1. The van der Waals surface area contributed by atoms with Gasteiger partial charge < -0.3 is 10.0 Å². The molecule has 3 rings (SSSR count). The third-order valence-corrected chi connectivity index (χ3v) is 6.14. The molecule has 2 atom stereocenters. The number of rotatable bonds is 5. The van der Waals surface area contributed by atoms with Crippen molar-refractivity contribution in [2.24, 2.45) is 11.8 Å². The van der Waals surface area contributed by atoms with Gasteiger partial charge in [0.2, 0.25) is 0 Å². The Hall–Kier alpha value is -2.54. The fraction of sp³-hybridized carbons (Fsp3) is 0.350. The Labute approximate surface area is 159 Å². The van der Waals surface area contributed by atoms with Crippen LogP contribution < -0.4 is 9.62 Å². The van der Waals surface area contributed by atoms with Crippen LogP contribution in [0.2, 0.25) is 0 Å². The summed E-state index contributed by atoms with van der Waals surface area (Å²) >= 11 is 0. The lowest BCUT2D eigenvalue weighted by atomic mass is 9.91. The van der Waals surface area contributed by atoms with Crippen molar-refractivity contribution in [1.82, 2.24) is 0 Å². The van der Waals surface area contributed by atoms with Crippen molar-refractivity contribution in [3.63, 3.8) is 0 Å². The third-order valence-electron chi connectivity index (χ3n) is 4.74. The highest BCUT2D eigenvalue weighted by Crippen LogP contribution is 2.31. The van der Waals surface area contributed by atoms with E-state index >= 15 is 0 Å². The summed E-state index contributed by atoms with van der Waals surface area (Å²) in [6, 6.07) is 12.7. The monoisotopic (exact) mass is 388 g/mol. The number of carbonyl (C=O) groups is 1. The molecule has 0 radical (unpaired) electrons. The number of hydrogen-bond acceptors (Lipinski definition) is 4. The summed E-state index contributed by atoms with van der Waals surface area (Å²) in [5.41, 5.74) is 0.964. The van der Waals surface area contributed by atoms with Gasteiger partial charge in [0.15, 0.2) is 0 Å². The predicted molar refractivity (Wildman–Crippen MR) is 106 cm³/mol. The van der Waals surface area contributed by atoms with Crippen molar-refractivity contribution in [2.75, 3.05) is 22.7 Å². The Morgan fingerprint density at radius 2 is 1.70 bits per heavy atom. The molecule has 0 saturated carbocycles. The highest BCUT2D eigenvalue weighted by Gasteiger charge is 2.25. The minimum Gasteiger partial charge on any atom is -0.478 e. The maximum absolute atomic E-state index is 12.5. The first-order valence-corrected chi connectivity index (χ1v) is 10.4. The standard InChI is InChI=1S/C20H24N2O4S/c1-14-10-15(2)13-22(12-14)19-9-8-16(11-18(19)20(23)24)21-27(25,26)17-6-4-3-5-7-17/h3-9,11,14-15,21H,10,12-13H2,1-2H3,(H,23,24)/t14-,15-/m0/s1. The molecular weight excluding hydrogens is 364 g/mol. The number of hydrogen-bond donors (Lipinski definition) is 2. The number of carboxylic acids is 1. The number of nitrogens with one attached hydrogen (secondary N) is 1. The van der Waals surface area contributed by atoms with E-state index in [4.69, 9.17) is 0 Å². The number of aromatic carboxylic acids is 1. The smallest absolute Gasteiger partial charge is 0.337 e. The molecule has 1 fully saturated rings. The van der Waals surface area contributed by atoms with Gasteiger partial charge in [-0.2, -0.15) is 0 Å². The second kappa shape index (κ2) is 7.60. The molecule has 0 bridgehead atoms. The molecule has 1 heterocycles. The van der Waals surface area contributed by atoms with Gasteiger partial charge in [-0.3, -0.25) is 4.72 Å². The lowest BCUT2D eigenvalue weighted by Crippen LogP contribution is -2.39. The van der Waals surface area contributed by atoms with E-state index in [0.29, 0.717) is 17.5 Å². The summed E-state index contributed by atoms with van der Waals surface area (Å²) in [7, 11) is -3.77. The lowest BCUT2D eigenvalue weighted by Gasteiger charge is -2.37. The molecular formula is C20H24N2O4S. The Morgan fingerprint density at radius 1 is 1.07 bits per heavy atom. The third kappa shape index (κ3) is 4.42. The summed E-state index contributed by atoms with van der Waals surface area (Å²) in [5, 5.41) is 9.66. The Morgan fingerprint density at radius 3 is 2.30 bits per heavy atom. The normalized spacial score (nSPS) is 20.3. The Bertz CT molecular complexity index is 918. The zero-order valence-electron chi connectivity index (χ0n) is 15.4. The minimum absolute atomic E-state index is 0.101. The summed E-state index contributed by atoms with van der Waals surface area (Å²) < 4.78 is 27.4. The molecule has 1 aliphatic heterocycles. The van der Waals surface area contributed by atoms with Gasteiger partial charge in [0.25, 0.3) is 10.0 Å². The van der Waals surface area contributed by atoms with Gasteiger partial charge in [0, 0.05) is 18.8 Å². The highest BCUT2D eigenvalue weighted by atomic mass is 32.2. The van der Waals surface area contributed by atoms with Crippen molar-refractivity contribution in [1.29, 1.82) is 0 Å². The molecule has 0 amide bonds. The van der Waals surface area contributed by atoms with Crippen LogP contribution in [0.3, 0.4) is 0 Å². The predicted octanol–water partition coefficient (Wildman–Crippen LogP) is 3.67. The van der Waals surface area contributed by atoms with E-state index in [0.717, 1.165) is 19.5 Å². The summed E-state index contributed by atoms with van der Waals surface area (Å²) in [6.07, 6.45) is 1.12. The van der Waals surface area contributed by atoms with Crippen molar-refractivity contribution >= 4 is 27.4 Å². The molecule has 1 aliphatic rings. The summed E-state index contributed by atoms with van der Waals surface area (Å²) in [5.74, 6) is -0.116. The molecule has 0 spiro atoms. The zero-order valence-corrected chi connectivity index (χ0v) is 16.2. The van der Waals surface area contributed by atoms with Gasteiger partial charge in [-0.05, 0) is 48.6 Å². The first-order valence-electron chi connectivity index (χ1n) is 8.96. The molecule has 0 aromatic heterocycles. The Kier molecular flexibility index (Phi) is 5.41. The molecule has 6 nitrogen and oxygen atoms in total. The van der Waals surface area contributed by atoms with Crippen molar-refractivity contribution in [2.45, 2.75) is 25.2 Å². The van der Waals surface area contributed by atoms with Crippen LogP contribution in [0.4, 0.5) is 11.4 Å². The molecule has 27 heavy (non-hydrogen) atoms. The van der Waals surface area contributed by atoms with Gasteiger partial charge >= 0.3 is 5.97 Å². The molecule has 1 saturated heterocycles. The lowest BCUT2D eigenvalue weighted by molar-refractivity contribution is 0.0697. The first-order chi connectivity index (χ1) is 12.8. The van der Waals surface area contributed by atoms with Crippen LogP contribution in [0.25, 0.3) is 0 Å². The van der Waals surface area contributed by atoms with E-state index in [1.807, 2.05) is 0 Å². The minimum atomic E-state index is -3.77. The summed E-state index contributed by atoms with van der Waals surface area (Å²) in [4.78, 5) is 14.0. The van der Waals surface area contributed by atoms with Crippen molar-refractivity contribution in [3.05, 3.63) is 54.1 Å².